The summed E-state index contributed by atoms with van der Waals surface area (Å²) >= 11 is 0. The molecule has 0 saturated heterocycles. The van der Waals surface area contributed by atoms with Crippen molar-refractivity contribution in [1.82, 2.24) is 15.0 Å². The minimum atomic E-state index is 0.621. The standard InChI is InChI=1S/C15H15N5/c1-2-16-15-18-10-8-14(20-15)19-13-7-3-6-12-11(13)5-4-9-17-12/h3-10H,2H2,1H3,(H2,16,18,19,20). The Morgan fingerprint density at radius 2 is 1.95 bits per heavy atom. The van der Waals surface area contributed by atoms with Crippen molar-refractivity contribution in [2.45, 2.75) is 6.92 Å². The number of hydrogen-bond donors (Lipinski definition) is 2. The molecule has 2 aromatic heterocycles. The zero-order chi connectivity index (χ0) is 13.8. The summed E-state index contributed by atoms with van der Waals surface area (Å²) in [6.07, 6.45) is 3.52. The molecular weight excluding hydrogens is 250 g/mol. The number of pyridine rings is 1. The molecular formula is C15H15N5. The smallest absolute Gasteiger partial charge is 0.224 e. The van der Waals surface area contributed by atoms with Gasteiger partial charge < -0.3 is 10.6 Å². The summed E-state index contributed by atoms with van der Waals surface area (Å²) in [6, 6.07) is 11.8. The van der Waals surface area contributed by atoms with Crippen molar-refractivity contribution in [3.8, 4) is 0 Å². The van der Waals surface area contributed by atoms with Crippen LogP contribution in [0.15, 0.2) is 48.8 Å². The first kappa shape index (κ1) is 12.3. The van der Waals surface area contributed by atoms with E-state index < -0.39 is 0 Å². The molecule has 0 bridgehead atoms. The number of benzene rings is 1. The van der Waals surface area contributed by atoms with Crippen LogP contribution in [0, 0.1) is 0 Å². The predicted molar refractivity (Wildman–Crippen MR) is 81.2 cm³/mol. The van der Waals surface area contributed by atoms with Gasteiger partial charge in [-0.25, -0.2) is 4.98 Å². The summed E-state index contributed by atoms with van der Waals surface area (Å²) in [6.45, 7) is 2.81. The molecule has 100 valence electrons. The summed E-state index contributed by atoms with van der Waals surface area (Å²) < 4.78 is 0. The Bertz CT molecular complexity index is 721. The second-order valence-corrected chi connectivity index (χ2v) is 4.30. The van der Waals surface area contributed by atoms with Gasteiger partial charge in [0.05, 0.1) is 5.52 Å². The highest BCUT2D eigenvalue weighted by Crippen LogP contribution is 2.24. The Morgan fingerprint density at radius 1 is 1.00 bits per heavy atom. The molecule has 5 heteroatoms. The molecule has 0 unspecified atom stereocenters. The number of rotatable bonds is 4. The molecule has 0 spiro atoms. The van der Waals surface area contributed by atoms with Crippen LogP contribution in [0.2, 0.25) is 0 Å². The van der Waals surface area contributed by atoms with E-state index in [9.17, 15) is 0 Å². The lowest BCUT2D eigenvalue weighted by Crippen LogP contribution is -2.03. The molecule has 0 fully saturated rings. The summed E-state index contributed by atoms with van der Waals surface area (Å²) in [5, 5.41) is 7.48. The molecule has 0 radical (unpaired) electrons. The summed E-state index contributed by atoms with van der Waals surface area (Å²) in [4.78, 5) is 12.9. The van der Waals surface area contributed by atoms with Gasteiger partial charge in [-0.15, -0.1) is 0 Å². The van der Waals surface area contributed by atoms with E-state index in [4.69, 9.17) is 0 Å². The van der Waals surface area contributed by atoms with Crippen molar-refractivity contribution < 1.29 is 0 Å². The first-order chi connectivity index (χ1) is 9.86. The molecule has 0 aliphatic heterocycles. The highest BCUT2D eigenvalue weighted by atomic mass is 15.1. The van der Waals surface area contributed by atoms with Gasteiger partial charge in [0.15, 0.2) is 0 Å². The molecule has 20 heavy (non-hydrogen) atoms. The normalized spacial score (nSPS) is 10.4. The van der Waals surface area contributed by atoms with Gasteiger partial charge in [-0.1, -0.05) is 6.07 Å². The highest BCUT2D eigenvalue weighted by molar-refractivity contribution is 5.92. The van der Waals surface area contributed by atoms with E-state index in [0.29, 0.717) is 5.95 Å². The molecule has 1 aromatic carbocycles. The van der Waals surface area contributed by atoms with Crippen LogP contribution < -0.4 is 10.6 Å². The van der Waals surface area contributed by atoms with Gasteiger partial charge in [-0.05, 0) is 37.3 Å². The van der Waals surface area contributed by atoms with Crippen molar-refractivity contribution in [2.24, 2.45) is 0 Å². The van der Waals surface area contributed by atoms with Crippen LogP contribution in [0.25, 0.3) is 10.9 Å². The van der Waals surface area contributed by atoms with Crippen LogP contribution in [-0.2, 0) is 0 Å². The Balaban J connectivity index is 1.95. The molecule has 2 N–H and O–H groups in total. The second-order valence-electron chi connectivity index (χ2n) is 4.30. The predicted octanol–water partition coefficient (Wildman–Crippen LogP) is 3.20. The third kappa shape index (κ3) is 2.51. The maximum absolute atomic E-state index is 4.41. The zero-order valence-electron chi connectivity index (χ0n) is 11.2. The van der Waals surface area contributed by atoms with Crippen molar-refractivity contribution >= 4 is 28.4 Å². The van der Waals surface area contributed by atoms with Gasteiger partial charge >= 0.3 is 0 Å². The van der Waals surface area contributed by atoms with E-state index in [1.165, 1.54) is 0 Å². The fourth-order valence-corrected chi connectivity index (χ4v) is 2.02. The van der Waals surface area contributed by atoms with E-state index in [0.717, 1.165) is 29.0 Å². The van der Waals surface area contributed by atoms with E-state index in [2.05, 4.69) is 25.6 Å². The van der Waals surface area contributed by atoms with Gasteiger partial charge in [-0.3, -0.25) is 4.98 Å². The Hall–Kier alpha value is -2.69. The lowest BCUT2D eigenvalue weighted by molar-refractivity contribution is 1.09. The van der Waals surface area contributed by atoms with E-state index >= 15 is 0 Å². The molecule has 2 heterocycles. The Morgan fingerprint density at radius 3 is 2.85 bits per heavy atom. The lowest BCUT2D eigenvalue weighted by atomic mass is 10.2. The lowest BCUT2D eigenvalue weighted by Gasteiger charge is -2.09. The van der Waals surface area contributed by atoms with Crippen LogP contribution in [0.1, 0.15) is 6.92 Å². The first-order valence-electron chi connectivity index (χ1n) is 6.54. The van der Waals surface area contributed by atoms with Gasteiger partial charge in [-0.2, -0.15) is 4.98 Å². The topological polar surface area (TPSA) is 62.7 Å². The summed E-state index contributed by atoms with van der Waals surface area (Å²) in [5.41, 5.74) is 1.94. The third-order valence-electron chi connectivity index (χ3n) is 2.90. The molecule has 0 aliphatic rings. The zero-order valence-corrected chi connectivity index (χ0v) is 11.2. The fraction of sp³-hybridized carbons (Fsp3) is 0.133. The van der Waals surface area contributed by atoms with Gasteiger partial charge in [0.2, 0.25) is 5.95 Å². The first-order valence-corrected chi connectivity index (χ1v) is 6.54. The number of anilines is 3. The van der Waals surface area contributed by atoms with Gasteiger partial charge in [0.1, 0.15) is 5.82 Å². The number of aromatic nitrogens is 3. The number of hydrogen-bond acceptors (Lipinski definition) is 5. The maximum Gasteiger partial charge on any atom is 0.224 e. The molecule has 0 aliphatic carbocycles. The quantitative estimate of drug-likeness (QED) is 0.758. The second kappa shape index (κ2) is 5.52. The summed E-state index contributed by atoms with van der Waals surface area (Å²) in [7, 11) is 0. The maximum atomic E-state index is 4.41. The Kier molecular flexibility index (Phi) is 3.41. The van der Waals surface area contributed by atoms with Crippen molar-refractivity contribution in [3.63, 3.8) is 0 Å². The van der Waals surface area contributed by atoms with Gasteiger partial charge in [0.25, 0.3) is 0 Å². The van der Waals surface area contributed by atoms with Crippen molar-refractivity contribution in [3.05, 3.63) is 48.8 Å². The molecule has 3 aromatic rings. The van der Waals surface area contributed by atoms with Gasteiger partial charge in [0, 0.05) is 30.0 Å². The average Bonchev–Trinajstić information content (AvgIpc) is 2.48. The third-order valence-corrected chi connectivity index (χ3v) is 2.90. The van der Waals surface area contributed by atoms with E-state index in [1.807, 2.05) is 43.3 Å². The van der Waals surface area contributed by atoms with Crippen LogP contribution in [0.5, 0.6) is 0 Å². The minimum Gasteiger partial charge on any atom is -0.354 e. The fourth-order valence-electron chi connectivity index (χ4n) is 2.02. The van der Waals surface area contributed by atoms with Crippen molar-refractivity contribution in [1.29, 1.82) is 0 Å². The van der Waals surface area contributed by atoms with Crippen LogP contribution in [0.3, 0.4) is 0 Å². The number of nitrogens with zero attached hydrogens (tertiary/aromatic N) is 3. The highest BCUT2D eigenvalue weighted by Gasteiger charge is 2.03. The largest absolute Gasteiger partial charge is 0.354 e. The van der Waals surface area contributed by atoms with E-state index in [-0.39, 0.29) is 0 Å². The number of nitrogens with one attached hydrogen (secondary N) is 2. The molecule has 0 saturated carbocycles. The molecule has 0 amide bonds. The van der Waals surface area contributed by atoms with Crippen LogP contribution in [-0.4, -0.2) is 21.5 Å². The summed E-state index contributed by atoms with van der Waals surface area (Å²) in [5.74, 6) is 1.38. The van der Waals surface area contributed by atoms with Crippen LogP contribution in [0.4, 0.5) is 17.5 Å². The molecule has 0 atom stereocenters. The minimum absolute atomic E-state index is 0.621. The molecule has 5 nitrogen and oxygen atoms in total. The van der Waals surface area contributed by atoms with E-state index in [1.54, 1.807) is 12.4 Å². The average molecular weight is 265 g/mol. The van der Waals surface area contributed by atoms with Crippen LogP contribution >= 0.6 is 0 Å². The van der Waals surface area contributed by atoms with Crippen molar-refractivity contribution in [2.75, 3.05) is 17.2 Å². The SMILES string of the molecule is CCNc1nccc(Nc2cccc3ncccc23)n1. The number of fused-ring (bicyclic) bond motifs is 1. The monoisotopic (exact) mass is 265 g/mol. The Labute approximate surface area is 117 Å². The molecule has 3 rings (SSSR count).